The van der Waals surface area contributed by atoms with Gasteiger partial charge in [0.2, 0.25) is 0 Å². The predicted molar refractivity (Wildman–Crippen MR) is 105 cm³/mol. The molecule has 2 aromatic carbocycles. The molecular weight excluding hydrogens is 373 g/mol. The second-order valence-electron chi connectivity index (χ2n) is 6.34. The fourth-order valence-electron chi connectivity index (χ4n) is 2.62. The number of ether oxygens (including phenoxy) is 1. The van der Waals surface area contributed by atoms with Crippen molar-refractivity contribution in [3.63, 3.8) is 0 Å². The third kappa shape index (κ3) is 5.23. The van der Waals surface area contributed by atoms with Crippen LogP contribution in [0.3, 0.4) is 0 Å². The largest absolute Gasteiger partial charge is 0.455 e. The maximum atomic E-state index is 12.5. The summed E-state index contributed by atoms with van der Waals surface area (Å²) in [5.41, 5.74) is 2.16. The Morgan fingerprint density at radius 2 is 1.73 bits per heavy atom. The van der Waals surface area contributed by atoms with E-state index in [1.807, 2.05) is 13.8 Å². The van der Waals surface area contributed by atoms with Crippen LogP contribution in [0.5, 0.6) is 0 Å². The van der Waals surface area contributed by atoms with Crippen molar-refractivity contribution in [2.24, 2.45) is 5.92 Å². The molecule has 0 fully saturated rings. The van der Waals surface area contributed by atoms with Gasteiger partial charge in [0.1, 0.15) is 0 Å². The highest BCUT2D eigenvalue weighted by Crippen LogP contribution is 2.27. The number of amides is 1. The molecule has 0 aromatic heterocycles. The quantitative estimate of drug-likeness (QED) is 0.684. The van der Waals surface area contributed by atoms with Gasteiger partial charge in [-0.25, -0.2) is 0 Å². The lowest BCUT2D eigenvalue weighted by Gasteiger charge is -2.20. The van der Waals surface area contributed by atoms with Gasteiger partial charge in [-0.05, 0) is 48.2 Å². The highest BCUT2D eigenvalue weighted by Gasteiger charge is 2.26. The normalized spacial score (nSPS) is 11.9. The molecule has 1 N–H and O–H groups in total. The minimum absolute atomic E-state index is 0.0157. The van der Waals surface area contributed by atoms with E-state index in [-0.39, 0.29) is 12.5 Å². The van der Waals surface area contributed by atoms with Crippen molar-refractivity contribution in [1.82, 2.24) is 0 Å². The standard InChI is InChI=1S/C20H21Cl2NO3/c1-12(2)19(14-7-9-15(21)10-8-14)20(25)26-11-18(24)23-17-6-4-5-16(22)13(17)3/h4-10,12,19H,11H2,1-3H3,(H,23,24)/t19-/m0/s1. The number of hydrogen-bond acceptors (Lipinski definition) is 3. The molecule has 2 aromatic rings. The number of benzene rings is 2. The third-order valence-electron chi connectivity index (χ3n) is 4.04. The molecule has 0 saturated carbocycles. The zero-order chi connectivity index (χ0) is 19.3. The molecule has 0 radical (unpaired) electrons. The molecule has 0 spiro atoms. The summed E-state index contributed by atoms with van der Waals surface area (Å²) in [5, 5.41) is 3.86. The Labute approximate surface area is 163 Å². The number of esters is 1. The van der Waals surface area contributed by atoms with Crippen LogP contribution in [-0.2, 0) is 14.3 Å². The van der Waals surface area contributed by atoms with Crippen LogP contribution in [0.15, 0.2) is 42.5 Å². The Balaban J connectivity index is 2.00. The first kappa shape index (κ1) is 20.3. The van der Waals surface area contributed by atoms with Gasteiger partial charge in [0.25, 0.3) is 5.91 Å². The molecule has 1 amide bonds. The number of carbonyl (C=O) groups excluding carboxylic acids is 2. The fraction of sp³-hybridized carbons (Fsp3) is 0.300. The van der Waals surface area contributed by atoms with Crippen LogP contribution in [-0.4, -0.2) is 18.5 Å². The Morgan fingerprint density at radius 1 is 1.08 bits per heavy atom. The van der Waals surface area contributed by atoms with E-state index in [1.54, 1.807) is 49.4 Å². The Bertz CT molecular complexity index is 788. The van der Waals surface area contributed by atoms with E-state index in [9.17, 15) is 9.59 Å². The molecule has 2 rings (SSSR count). The van der Waals surface area contributed by atoms with Crippen LogP contribution in [0, 0.1) is 12.8 Å². The zero-order valence-electron chi connectivity index (χ0n) is 14.9. The van der Waals surface area contributed by atoms with Crippen molar-refractivity contribution in [2.45, 2.75) is 26.7 Å². The van der Waals surface area contributed by atoms with E-state index < -0.39 is 17.8 Å². The van der Waals surface area contributed by atoms with Crippen molar-refractivity contribution >= 4 is 40.8 Å². The average Bonchev–Trinajstić information content (AvgIpc) is 2.59. The van der Waals surface area contributed by atoms with Crippen LogP contribution >= 0.6 is 23.2 Å². The van der Waals surface area contributed by atoms with Crippen molar-refractivity contribution in [3.05, 3.63) is 63.6 Å². The molecule has 0 aliphatic carbocycles. The first-order valence-corrected chi connectivity index (χ1v) is 9.02. The molecule has 6 heteroatoms. The summed E-state index contributed by atoms with van der Waals surface area (Å²) in [6.45, 7) is 5.30. The highest BCUT2D eigenvalue weighted by molar-refractivity contribution is 6.31. The molecule has 4 nitrogen and oxygen atoms in total. The minimum atomic E-state index is -0.465. The molecule has 0 heterocycles. The summed E-state index contributed by atoms with van der Waals surface area (Å²) in [6, 6.07) is 12.3. The molecule has 0 saturated heterocycles. The van der Waals surface area contributed by atoms with Gasteiger partial charge < -0.3 is 10.1 Å². The SMILES string of the molecule is Cc1c(Cl)cccc1NC(=O)COC(=O)[C@H](c1ccc(Cl)cc1)C(C)C. The summed E-state index contributed by atoms with van der Waals surface area (Å²) in [4.78, 5) is 24.6. The number of hydrogen-bond donors (Lipinski definition) is 1. The van der Waals surface area contributed by atoms with E-state index in [0.717, 1.165) is 11.1 Å². The van der Waals surface area contributed by atoms with Gasteiger partial charge in [-0.1, -0.05) is 55.2 Å². The predicted octanol–water partition coefficient (Wildman–Crippen LogP) is 5.22. The second kappa shape index (κ2) is 9.06. The zero-order valence-corrected chi connectivity index (χ0v) is 16.4. The van der Waals surface area contributed by atoms with Gasteiger partial charge in [-0.15, -0.1) is 0 Å². The van der Waals surface area contributed by atoms with E-state index >= 15 is 0 Å². The molecule has 1 atom stereocenters. The molecular formula is C20H21Cl2NO3. The molecule has 0 unspecified atom stereocenters. The molecule has 0 aliphatic rings. The monoisotopic (exact) mass is 393 g/mol. The van der Waals surface area contributed by atoms with Crippen molar-refractivity contribution < 1.29 is 14.3 Å². The number of halogens is 2. The third-order valence-corrected chi connectivity index (χ3v) is 4.70. The van der Waals surface area contributed by atoms with E-state index in [4.69, 9.17) is 27.9 Å². The number of anilines is 1. The maximum absolute atomic E-state index is 12.5. The van der Waals surface area contributed by atoms with Gasteiger partial charge in [0.05, 0.1) is 5.92 Å². The van der Waals surface area contributed by atoms with Crippen molar-refractivity contribution in [1.29, 1.82) is 0 Å². The van der Waals surface area contributed by atoms with Crippen LogP contribution < -0.4 is 5.32 Å². The fourth-order valence-corrected chi connectivity index (χ4v) is 2.92. The van der Waals surface area contributed by atoms with Gasteiger partial charge in [-0.3, -0.25) is 9.59 Å². The Morgan fingerprint density at radius 3 is 2.35 bits per heavy atom. The van der Waals surface area contributed by atoms with Crippen molar-refractivity contribution in [3.8, 4) is 0 Å². The van der Waals surface area contributed by atoms with Gasteiger partial charge >= 0.3 is 5.97 Å². The summed E-state index contributed by atoms with van der Waals surface area (Å²) in [7, 11) is 0. The topological polar surface area (TPSA) is 55.4 Å². The van der Waals surface area contributed by atoms with Crippen LogP contribution in [0.1, 0.15) is 30.9 Å². The van der Waals surface area contributed by atoms with Crippen molar-refractivity contribution in [2.75, 3.05) is 11.9 Å². The average molecular weight is 394 g/mol. The molecule has 0 bridgehead atoms. The number of carbonyl (C=O) groups is 2. The lowest BCUT2D eigenvalue weighted by molar-refractivity contribution is -0.149. The maximum Gasteiger partial charge on any atom is 0.314 e. The van der Waals surface area contributed by atoms with Gasteiger partial charge in [-0.2, -0.15) is 0 Å². The summed E-state index contributed by atoms with van der Waals surface area (Å²) < 4.78 is 5.24. The van der Waals surface area contributed by atoms with Gasteiger partial charge in [0, 0.05) is 15.7 Å². The molecule has 0 aliphatic heterocycles. The number of nitrogens with one attached hydrogen (secondary N) is 1. The number of rotatable bonds is 6. The first-order chi connectivity index (χ1) is 12.3. The summed E-state index contributed by atoms with van der Waals surface area (Å²) in [5.74, 6) is -1.31. The Kier molecular flexibility index (Phi) is 7.06. The lowest BCUT2D eigenvalue weighted by Crippen LogP contribution is -2.26. The second-order valence-corrected chi connectivity index (χ2v) is 7.19. The van der Waals surface area contributed by atoms with E-state index in [0.29, 0.717) is 15.7 Å². The molecule has 26 heavy (non-hydrogen) atoms. The minimum Gasteiger partial charge on any atom is -0.455 e. The molecule has 138 valence electrons. The van der Waals surface area contributed by atoms with E-state index in [1.165, 1.54) is 0 Å². The summed E-state index contributed by atoms with van der Waals surface area (Å²) >= 11 is 11.9. The summed E-state index contributed by atoms with van der Waals surface area (Å²) in [6.07, 6.45) is 0. The van der Waals surface area contributed by atoms with Crippen LogP contribution in [0.2, 0.25) is 10.0 Å². The van der Waals surface area contributed by atoms with E-state index in [2.05, 4.69) is 5.32 Å². The van der Waals surface area contributed by atoms with Crippen LogP contribution in [0.25, 0.3) is 0 Å². The Hall–Kier alpha value is -2.04. The lowest BCUT2D eigenvalue weighted by atomic mass is 9.88. The van der Waals surface area contributed by atoms with Gasteiger partial charge in [0.15, 0.2) is 6.61 Å². The highest BCUT2D eigenvalue weighted by atomic mass is 35.5. The van der Waals surface area contributed by atoms with Crippen LogP contribution in [0.4, 0.5) is 5.69 Å². The smallest absolute Gasteiger partial charge is 0.314 e. The first-order valence-electron chi connectivity index (χ1n) is 8.26.